The first-order valence-corrected chi connectivity index (χ1v) is 5.71. The van der Waals surface area contributed by atoms with E-state index in [9.17, 15) is 0 Å². The van der Waals surface area contributed by atoms with Crippen molar-refractivity contribution in [2.24, 2.45) is 11.8 Å². The van der Waals surface area contributed by atoms with Crippen LogP contribution in [0.1, 0.15) is 32.6 Å². The van der Waals surface area contributed by atoms with E-state index in [1.165, 1.54) is 25.7 Å². The SMILES string of the molecule is CC1CC1CNC(=S)NC1CCC1. The highest BCUT2D eigenvalue weighted by Gasteiger charge is 2.32. The standard InChI is InChI=1S/C10H18N2S/c1-7-5-8(7)6-11-10(13)12-9-3-2-4-9/h7-9H,2-6H2,1H3,(H2,11,12,13). The molecule has 0 aromatic carbocycles. The number of hydrogen-bond acceptors (Lipinski definition) is 1. The smallest absolute Gasteiger partial charge is 0.166 e. The van der Waals surface area contributed by atoms with Gasteiger partial charge in [-0.05, 0) is 49.7 Å². The molecular weight excluding hydrogens is 180 g/mol. The monoisotopic (exact) mass is 198 g/mol. The van der Waals surface area contributed by atoms with Crippen molar-refractivity contribution in [3.8, 4) is 0 Å². The predicted octanol–water partition coefficient (Wildman–Crippen LogP) is 1.66. The van der Waals surface area contributed by atoms with Crippen molar-refractivity contribution in [1.29, 1.82) is 0 Å². The third-order valence-corrected chi connectivity index (χ3v) is 3.50. The lowest BCUT2D eigenvalue weighted by molar-refractivity contribution is 0.381. The molecule has 13 heavy (non-hydrogen) atoms. The molecule has 2 unspecified atom stereocenters. The molecule has 0 aromatic rings. The quantitative estimate of drug-likeness (QED) is 0.674. The molecule has 0 radical (unpaired) electrons. The van der Waals surface area contributed by atoms with E-state index in [4.69, 9.17) is 12.2 Å². The maximum atomic E-state index is 5.19. The van der Waals surface area contributed by atoms with Crippen LogP contribution in [0.15, 0.2) is 0 Å². The predicted molar refractivity (Wildman–Crippen MR) is 58.6 cm³/mol. The molecule has 74 valence electrons. The topological polar surface area (TPSA) is 24.1 Å². The summed E-state index contributed by atoms with van der Waals surface area (Å²) in [5.74, 6) is 1.79. The summed E-state index contributed by atoms with van der Waals surface area (Å²) in [5, 5.41) is 7.49. The van der Waals surface area contributed by atoms with Gasteiger partial charge in [-0.15, -0.1) is 0 Å². The molecule has 0 heterocycles. The van der Waals surface area contributed by atoms with E-state index >= 15 is 0 Å². The van der Waals surface area contributed by atoms with Crippen LogP contribution < -0.4 is 10.6 Å². The molecule has 0 spiro atoms. The summed E-state index contributed by atoms with van der Waals surface area (Å²) >= 11 is 5.19. The summed E-state index contributed by atoms with van der Waals surface area (Å²) in [6.07, 6.45) is 5.32. The molecule has 2 N–H and O–H groups in total. The third kappa shape index (κ3) is 2.56. The second kappa shape index (κ2) is 3.82. The number of rotatable bonds is 3. The molecule has 2 nitrogen and oxygen atoms in total. The van der Waals surface area contributed by atoms with E-state index in [2.05, 4.69) is 17.6 Å². The first-order valence-electron chi connectivity index (χ1n) is 5.30. The van der Waals surface area contributed by atoms with Gasteiger partial charge in [-0.25, -0.2) is 0 Å². The summed E-state index contributed by atoms with van der Waals surface area (Å²) in [6.45, 7) is 3.37. The van der Waals surface area contributed by atoms with Gasteiger partial charge >= 0.3 is 0 Å². The van der Waals surface area contributed by atoms with Crippen molar-refractivity contribution in [3.05, 3.63) is 0 Å². The van der Waals surface area contributed by atoms with Crippen molar-refractivity contribution in [2.45, 2.75) is 38.6 Å². The van der Waals surface area contributed by atoms with E-state index in [0.717, 1.165) is 23.5 Å². The Kier molecular flexibility index (Phi) is 2.72. The average molecular weight is 198 g/mol. The van der Waals surface area contributed by atoms with Gasteiger partial charge in [0.25, 0.3) is 0 Å². The van der Waals surface area contributed by atoms with Gasteiger partial charge in [-0.3, -0.25) is 0 Å². The summed E-state index contributed by atoms with van der Waals surface area (Å²) in [6, 6.07) is 0.664. The Morgan fingerprint density at radius 2 is 2.15 bits per heavy atom. The number of hydrogen-bond donors (Lipinski definition) is 2. The Morgan fingerprint density at radius 1 is 1.46 bits per heavy atom. The van der Waals surface area contributed by atoms with Crippen LogP contribution in [0, 0.1) is 11.8 Å². The molecule has 0 amide bonds. The molecular formula is C10H18N2S. The molecule has 0 aliphatic heterocycles. The molecule has 0 bridgehead atoms. The Morgan fingerprint density at radius 3 is 2.62 bits per heavy atom. The van der Waals surface area contributed by atoms with Crippen LogP contribution >= 0.6 is 12.2 Å². The molecule has 2 atom stereocenters. The van der Waals surface area contributed by atoms with Gasteiger partial charge in [0.1, 0.15) is 0 Å². The van der Waals surface area contributed by atoms with Gasteiger partial charge in [0, 0.05) is 12.6 Å². The zero-order valence-electron chi connectivity index (χ0n) is 8.18. The summed E-state index contributed by atoms with van der Waals surface area (Å²) in [4.78, 5) is 0. The van der Waals surface area contributed by atoms with Crippen molar-refractivity contribution >= 4 is 17.3 Å². The number of nitrogens with one attached hydrogen (secondary N) is 2. The van der Waals surface area contributed by atoms with Gasteiger partial charge in [-0.2, -0.15) is 0 Å². The highest BCUT2D eigenvalue weighted by Crippen LogP contribution is 2.36. The zero-order valence-corrected chi connectivity index (χ0v) is 8.99. The van der Waals surface area contributed by atoms with Gasteiger partial charge in [0.15, 0.2) is 5.11 Å². The molecule has 2 rings (SSSR count). The van der Waals surface area contributed by atoms with Crippen LogP contribution in [-0.2, 0) is 0 Å². The maximum absolute atomic E-state index is 5.19. The minimum atomic E-state index is 0.664. The lowest BCUT2D eigenvalue weighted by atomic mass is 9.93. The third-order valence-electron chi connectivity index (χ3n) is 3.24. The van der Waals surface area contributed by atoms with Crippen molar-refractivity contribution < 1.29 is 0 Å². The first-order chi connectivity index (χ1) is 6.25. The highest BCUT2D eigenvalue weighted by atomic mass is 32.1. The first kappa shape index (κ1) is 9.25. The van der Waals surface area contributed by atoms with E-state index in [1.807, 2.05) is 0 Å². The van der Waals surface area contributed by atoms with Gasteiger partial charge in [-0.1, -0.05) is 6.92 Å². The fourth-order valence-corrected chi connectivity index (χ4v) is 1.95. The van der Waals surface area contributed by atoms with Crippen LogP contribution in [0.4, 0.5) is 0 Å². The van der Waals surface area contributed by atoms with Crippen molar-refractivity contribution in [2.75, 3.05) is 6.54 Å². The molecule has 2 aliphatic rings. The molecule has 3 heteroatoms. The lowest BCUT2D eigenvalue weighted by Crippen LogP contribution is -2.45. The van der Waals surface area contributed by atoms with Crippen molar-refractivity contribution in [1.82, 2.24) is 10.6 Å². The summed E-state index contributed by atoms with van der Waals surface area (Å²) in [7, 11) is 0. The molecule has 2 fully saturated rings. The highest BCUT2D eigenvalue weighted by molar-refractivity contribution is 7.80. The molecule has 0 saturated heterocycles. The summed E-state index contributed by atoms with van der Waals surface area (Å²) in [5.41, 5.74) is 0. The van der Waals surface area contributed by atoms with Gasteiger partial charge < -0.3 is 10.6 Å². The minimum absolute atomic E-state index is 0.664. The van der Waals surface area contributed by atoms with Gasteiger partial charge in [0.05, 0.1) is 0 Å². The van der Waals surface area contributed by atoms with Gasteiger partial charge in [0.2, 0.25) is 0 Å². The van der Waals surface area contributed by atoms with Crippen molar-refractivity contribution in [3.63, 3.8) is 0 Å². The average Bonchev–Trinajstić information content (AvgIpc) is 2.71. The summed E-state index contributed by atoms with van der Waals surface area (Å²) < 4.78 is 0. The zero-order chi connectivity index (χ0) is 9.26. The van der Waals surface area contributed by atoms with E-state index < -0.39 is 0 Å². The largest absolute Gasteiger partial charge is 0.362 e. The van der Waals surface area contributed by atoms with Crippen LogP contribution in [0.2, 0.25) is 0 Å². The van der Waals surface area contributed by atoms with E-state index in [-0.39, 0.29) is 0 Å². The molecule has 2 aliphatic carbocycles. The van der Waals surface area contributed by atoms with E-state index in [1.54, 1.807) is 0 Å². The second-order valence-electron chi connectivity index (χ2n) is 4.46. The lowest BCUT2D eigenvalue weighted by Gasteiger charge is -2.27. The Hall–Kier alpha value is -0.310. The fourth-order valence-electron chi connectivity index (χ4n) is 1.70. The molecule has 0 aromatic heterocycles. The van der Waals surface area contributed by atoms with Crippen LogP contribution in [0.25, 0.3) is 0 Å². The Bertz CT molecular complexity index is 201. The van der Waals surface area contributed by atoms with Crippen LogP contribution in [0.3, 0.4) is 0 Å². The fraction of sp³-hybridized carbons (Fsp3) is 0.900. The second-order valence-corrected chi connectivity index (χ2v) is 4.86. The maximum Gasteiger partial charge on any atom is 0.166 e. The number of thiocarbonyl (C=S) groups is 1. The Labute approximate surface area is 85.5 Å². The Balaban J connectivity index is 1.55. The van der Waals surface area contributed by atoms with Crippen LogP contribution in [-0.4, -0.2) is 17.7 Å². The normalized spacial score (nSPS) is 32.1. The van der Waals surface area contributed by atoms with Crippen LogP contribution in [0.5, 0.6) is 0 Å². The minimum Gasteiger partial charge on any atom is -0.362 e. The molecule has 2 saturated carbocycles. The van der Waals surface area contributed by atoms with E-state index in [0.29, 0.717) is 6.04 Å².